The third-order valence-electron chi connectivity index (χ3n) is 4.86. The van der Waals surface area contributed by atoms with Gasteiger partial charge in [0.1, 0.15) is 12.7 Å². The van der Waals surface area contributed by atoms with Crippen molar-refractivity contribution in [3.05, 3.63) is 65.2 Å². The monoisotopic (exact) mass is 396 g/mol. The van der Waals surface area contributed by atoms with E-state index in [1.165, 1.54) is 11.1 Å². The van der Waals surface area contributed by atoms with E-state index >= 15 is 0 Å². The molecule has 2 aromatic rings. The van der Waals surface area contributed by atoms with Crippen LogP contribution in [0, 0.1) is 0 Å². The van der Waals surface area contributed by atoms with Crippen LogP contribution in [0.25, 0.3) is 6.08 Å². The minimum atomic E-state index is -0.577. The van der Waals surface area contributed by atoms with Gasteiger partial charge in [-0.25, -0.2) is 0 Å². The Morgan fingerprint density at radius 1 is 1.10 bits per heavy atom. The Labute approximate surface area is 172 Å². The van der Waals surface area contributed by atoms with Gasteiger partial charge in [-0.15, -0.1) is 0 Å². The van der Waals surface area contributed by atoms with Crippen molar-refractivity contribution in [2.75, 3.05) is 33.9 Å². The first-order valence-corrected chi connectivity index (χ1v) is 9.71. The molecule has 0 saturated heterocycles. The number of hydrogen-bond donors (Lipinski definition) is 1. The highest BCUT2D eigenvalue weighted by Crippen LogP contribution is 2.27. The molecule has 6 heteroatoms. The number of ether oxygens (including phenoxy) is 2. The van der Waals surface area contributed by atoms with Gasteiger partial charge >= 0.3 is 0 Å². The van der Waals surface area contributed by atoms with E-state index in [2.05, 4.69) is 34.3 Å². The first kappa shape index (κ1) is 20.9. The summed E-state index contributed by atoms with van der Waals surface area (Å²) in [5, 5.41) is 14.1. The van der Waals surface area contributed by atoms with Crippen LogP contribution in [0.5, 0.6) is 11.5 Å². The van der Waals surface area contributed by atoms with E-state index in [9.17, 15) is 5.11 Å². The third-order valence-corrected chi connectivity index (χ3v) is 4.86. The second-order valence-corrected chi connectivity index (χ2v) is 6.93. The van der Waals surface area contributed by atoms with E-state index in [1.807, 2.05) is 24.3 Å². The number of nitrogens with zero attached hydrogens (tertiary/aromatic N) is 2. The maximum atomic E-state index is 10.2. The lowest BCUT2D eigenvalue weighted by atomic mass is 10.00. The molecular weight excluding hydrogens is 368 g/mol. The second-order valence-electron chi connectivity index (χ2n) is 6.93. The molecule has 1 unspecified atom stereocenters. The highest BCUT2D eigenvalue weighted by molar-refractivity contribution is 5.78. The van der Waals surface area contributed by atoms with Gasteiger partial charge in [0.2, 0.25) is 0 Å². The van der Waals surface area contributed by atoms with Crippen LogP contribution in [-0.4, -0.2) is 56.2 Å². The molecule has 0 aliphatic carbocycles. The van der Waals surface area contributed by atoms with Gasteiger partial charge in [0.25, 0.3) is 0 Å². The number of aliphatic hydroxyl groups excluding tert-OH is 1. The van der Waals surface area contributed by atoms with Crippen LogP contribution in [-0.2, 0) is 17.8 Å². The zero-order valence-electron chi connectivity index (χ0n) is 17.0. The molecule has 0 radical (unpaired) electrons. The average Bonchev–Trinajstić information content (AvgIpc) is 2.75. The first-order valence-electron chi connectivity index (χ1n) is 9.71. The predicted molar refractivity (Wildman–Crippen MR) is 114 cm³/mol. The smallest absolute Gasteiger partial charge is 0.161 e. The van der Waals surface area contributed by atoms with Crippen LogP contribution >= 0.6 is 0 Å². The Morgan fingerprint density at radius 2 is 1.90 bits per heavy atom. The summed E-state index contributed by atoms with van der Waals surface area (Å²) in [4.78, 5) is 7.47. The van der Waals surface area contributed by atoms with Gasteiger partial charge in [0, 0.05) is 19.6 Å². The summed E-state index contributed by atoms with van der Waals surface area (Å²) in [6.45, 7) is 2.56. The van der Waals surface area contributed by atoms with Gasteiger partial charge in [-0.1, -0.05) is 41.6 Å². The summed E-state index contributed by atoms with van der Waals surface area (Å²) < 4.78 is 10.5. The van der Waals surface area contributed by atoms with Gasteiger partial charge < -0.3 is 19.4 Å². The number of hydrogen-bond acceptors (Lipinski definition) is 6. The van der Waals surface area contributed by atoms with E-state index in [4.69, 9.17) is 14.3 Å². The van der Waals surface area contributed by atoms with Crippen LogP contribution in [0.15, 0.2) is 53.7 Å². The maximum Gasteiger partial charge on any atom is 0.161 e. The number of benzene rings is 2. The summed E-state index contributed by atoms with van der Waals surface area (Å²) in [6, 6.07) is 14.1. The Morgan fingerprint density at radius 3 is 2.69 bits per heavy atom. The molecule has 0 saturated carbocycles. The zero-order chi connectivity index (χ0) is 20.5. The van der Waals surface area contributed by atoms with E-state index < -0.39 is 6.10 Å². The average molecular weight is 396 g/mol. The van der Waals surface area contributed by atoms with Crippen molar-refractivity contribution in [1.82, 2.24) is 4.90 Å². The molecule has 154 valence electrons. The topological polar surface area (TPSA) is 63.5 Å². The molecule has 0 aromatic heterocycles. The molecule has 0 amide bonds. The lowest BCUT2D eigenvalue weighted by molar-refractivity contribution is 0.0171. The number of oxime groups is 1. The van der Waals surface area contributed by atoms with Crippen molar-refractivity contribution in [2.24, 2.45) is 5.16 Å². The standard InChI is InChI=1S/C23H28N2O4/c1-27-22-10-9-18(14-23(22)28-2)6-5-12-24-29-17-21(26)16-25-13-11-19-7-3-4-8-20(19)15-25/h3-10,12,14,21,26H,11,13,15-17H2,1-2H3/b6-5+,24-12+. The van der Waals surface area contributed by atoms with Gasteiger partial charge in [0.05, 0.1) is 20.4 Å². The molecule has 6 nitrogen and oxygen atoms in total. The van der Waals surface area contributed by atoms with Gasteiger partial charge in [-0.3, -0.25) is 4.90 Å². The Bertz CT molecular complexity index is 851. The van der Waals surface area contributed by atoms with Crippen LogP contribution in [0.1, 0.15) is 16.7 Å². The molecule has 1 aliphatic rings. The fourth-order valence-corrected chi connectivity index (χ4v) is 3.38. The number of rotatable bonds is 9. The molecule has 0 bridgehead atoms. The van der Waals surface area contributed by atoms with Gasteiger partial charge in [-0.2, -0.15) is 0 Å². The Kier molecular flexibility index (Phi) is 7.67. The molecule has 0 fully saturated rings. The van der Waals surface area contributed by atoms with Crippen molar-refractivity contribution in [1.29, 1.82) is 0 Å². The summed E-state index contributed by atoms with van der Waals surface area (Å²) in [7, 11) is 3.21. The predicted octanol–water partition coefficient (Wildman–Crippen LogP) is 3.14. The molecule has 1 N–H and O–H groups in total. The minimum absolute atomic E-state index is 0.166. The Hall–Kier alpha value is -2.83. The molecule has 2 aromatic carbocycles. The number of aliphatic hydroxyl groups is 1. The molecule has 1 atom stereocenters. The fraction of sp³-hybridized carbons (Fsp3) is 0.348. The Balaban J connectivity index is 1.39. The highest BCUT2D eigenvalue weighted by atomic mass is 16.6. The van der Waals surface area contributed by atoms with Crippen molar-refractivity contribution >= 4 is 12.3 Å². The minimum Gasteiger partial charge on any atom is -0.493 e. The molecule has 1 aliphatic heterocycles. The van der Waals surface area contributed by atoms with E-state index in [1.54, 1.807) is 26.5 Å². The summed E-state index contributed by atoms with van der Waals surface area (Å²) in [5.41, 5.74) is 3.70. The van der Waals surface area contributed by atoms with Crippen LogP contribution in [0.2, 0.25) is 0 Å². The maximum absolute atomic E-state index is 10.2. The normalized spacial score (nSPS) is 15.4. The molecular formula is C23H28N2O4. The van der Waals surface area contributed by atoms with Gasteiger partial charge in [-0.05, 0) is 41.3 Å². The lowest BCUT2D eigenvalue weighted by Gasteiger charge is -2.29. The largest absolute Gasteiger partial charge is 0.493 e. The SMILES string of the molecule is COc1ccc(/C=C/C=N/OCC(O)CN2CCc3ccccc3C2)cc1OC. The zero-order valence-corrected chi connectivity index (χ0v) is 17.0. The van der Waals surface area contributed by atoms with Crippen molar-refractivity contribution in [2.45, 2.75) is 19.1 Å². The van der Waals surface area contributed by atoms with Crippen molar-refractivity contribution in [3.8, 4) is 11.5 Å². The third kappa shape index (κ3) is 6.07. The quantitative estimate of drug-likeness (QED) is 0.521. The van der Waals surface area contributed by atoms with Crippen molar-refractivity contribution in [3.63, 3.8) is 0 Å². The molecule has 0 spiro atoms. The summed E-state index contributed by atoms with van der Waals surface area (Å²) in [6.07, 6.45) is 5.65. The lowest BCUT2D eigenvalue weighted by Crippen LogP contribution is -2.38. The van der Waals surface area contributed by atoms with E-state index in [0.717, 1.165) is 25.1 Å². The van der Waals surface area contributed by atoms with E-state index in [-0.39, 0.29) is 6.61 Å². The van der Waals surface area contributed by atoms with Crippen LogP contribution < -0.4 is 9.47 Å². The van der Waals surface area contributed by atoms with Crippen LogP contribution in [0.3, 0.4) is 0 Å². The first-order chi connectivity index (χ1) is 14.2. The van der Waals surface area contributed by atoms with Crippen LogP contribution in [0.4, 0.5) is 0 Å². The number of β-amino-alcohol motifs (C(OH)–C–C–N with tert-alkyl or cyclic N) is 1. The number of methoxy groups -OCH3 is 2. The van der Waals surface area contributed by atoms with Gasteiger partial charge in [0.15, 0.2) is 11.5 Å². The highest BCUT2D eigenvalue weighted by Gasteiger charge is 2.18. The number of fused-ring (bicyclic) bond motifs is 1. The number of allylic oxidation sites excluding steroid dienone is 1. The second kappa shape index (κ2) is 10.6. The van der Waals surface area contributed by atoms with E-state index in [0.29, 0.717) is 18.0 Å². The van der Waals surface area contributed by atoms with Crippen molar-refractivity contribution < 1.29 is 19.4 Å². The summed E-state index contributed by atoms with van der Waals surface area (Å²) >= 11 is 0. The fourth-order valence-electron chi connectivity index (χ4n) is 3.38. The molecule has 1 heterocycles. The summed E-state index contributed by atoms with van der Waals surface area (Å²) in [5.74, 6) is 1.36. The molecule has 29 heavy (non-hydrogen) atoms. The molecule has 3 rings (SSSR count).